The van der Waals surface area contributed by atoms with Gasteiger partial charge in [0.1, 0.15) is 0 Å². The van der Waals surface area contributed by atoms with Crippen LogP contribution in [-0.2, 0) is 10.2 Å². The summed E-state index contributed by atoms with van der Waals surface area (Å²) < 4.78 is 0. The number of rotatable bonds is 2. The first-order valence-corrected chi connectivity index (χ1v) is 7.67. The fourth-order valence-electron chi connectivity index (χ4n) is 3.59. The Balaban J connectivity index is 1.71. The van der Waals surface area contributed by atoms with Gasteiger partial charge in [0.15, 0.2) is 0 Å². The van der Waals surface area contributed by atoms with E-state index >= 15 is 0 Å². The fourth-order valence-corrected chi connectivity index (χ4v) is 3.59. The molecule has 2 aliphatic rings. The van der Waals surface area contributed by atoms with E-state index in [9.17, 15) is 4.79 Å². The second-order valence-corrected chi connectivity index (χ2v) is 6.18. The van der Waals surface area contributed by atoms with Crippen molar-refractivity contribution in [3.8, 4) is 0 Å². The molecule has 4 rings (SSSR count). The molecule has 0 spiro atoms. The smallest absolute Gasteiger partial charge is 0.233 e. The molecule has 1 saturated heterocycles. The first kappa shape index (κ1) is 12.0. The molecule has 2 fully saturated rings. The second kappa shape index (κ2) is 4.37. The van der Waals surface area contributed by atoms with E-state index in [1.807, 2.05) is 6.07 Å². The Kier molecular flexibility index (Phi) is 2.62. The van der Waals surface area contributed by atoms with E-state index in [0.29, 0.717) is 5.91 Å². The van der Waals surface area contributed by atoms with Crippen LogP contribution < -0.4 is 0 Å². The number of para-hydroxylation sites is 1. The minimum absolute atomic E-state index is 0.225. The number of nitrogens with one attached hydrogen (secondary N) is 1. The quantitative estimate of drug-likeness (QED) is 0.892. The van der Waals surface area contributed by atoms with Gasteiger partial charge in [0.05, 0.1) is 5.41 Å². The van der Waals surface area contributed by atoms with Crippen LogP contribution in [0.4, 0.5) is 0 Å². The average molecular weight is 268 g/mol. The molecular formula is C17H20N2O. The molecule has 0 bridgehead atoms. The zero-order valence-corrected chi connectivity index (χ0v) is 11.7. The highest BCUT2D eigenvalue weighted by Crippen LogP contribution is 2.51. The summed E-state index contributed by atoms with van der Waals surface area (Å²) in [7, 11) is 0. The first-order valence-electron chi connectivity index (χ1n) is 7.67. The zero-order chi connectivity index (χ0) is 13.6. The SMILES string of the molecule is O=C(N1CCCCC1)C1(c2c[nH]c3ccccc23)CC1. The summed E-state index contributed by atoms with van der Waals surface area (Å²) >= 11 is 0. The van der Waals surface area contributed by atoms with Crippen molar-refractivity contribution in [2.24, 2.45) is 0 Å². The van der Waals surface area contributed by atoms with Crippen molar-refractivity contribution >= 4 is 16.8 Å². The molecule has 0 unspecified atom stereocenters. The molecule has 1 amide bonds. The number of carbonyl (C=O) groups is 1. The second-order valence-electron chi connectivity index (χ2n) is 6.18. The lowest BCUT2D eigenvalue weighted by Crippen LogP contribution is -2.42. The van der Waals surface area contributed by atoms with Gasteiger partial charge in [-0.2, -0.15) is 0 Å². The number of amides is 1. The predicted molar refractivity (Wildman–Crippen MR) is 79.6 cm³/mol. The third-order valence-electron chi connectivity index (χ3n) is 4.91. The molecular weight excluding hydrogens is 248 g/mol. The third-order valence-corrected chi connectivity index (χ3v) is 4.91. The van der Waals surface area contributed by atoms with Gasteiger partial charge in [-0.25, -0.2) is 0 Å². The van der Waals surface area contributed by atoms with Crippen molar-refractivity contribution < 1.29 is 4.79 Å². The fraction of sp³-hybridized carbons (Fsp3) is 0.471. The number of likely N-dealkylation sites (tertiary alicyclic amines) is 1. The number of piperidine rings is 1. The van der Waals surface area contributed by atoms with Crippen LogP contribution in [0.2, 0.25) is 0 Å². The summed E-state index contributed by atoms with van der Waals surface area (Å²) in [6.07, 6.45) is 7.66. The average Bonchev–Trinajstić information content (AvgIpc) is 3.20. The van der Waals surface area contributed by atoms with Crippen LogP contribution in [-0.4, -0.2) is 28.9 Å². The van der Waals surface area contributed by atoms with Crippen molar-refractivity contribution in [2.45, 2.75) is 37.5 Å². The monoisotopic (exact) mass is 268 g/mol. The number of benzene rings is 1. The summed E-state index contributed by atoms with van der Waals surface area (Å²) in [5.41, 5.74) is 2.13. The largest absolute Gasteiger partial charge is 0.361 e. The topological polar surface area (TPSA) is 36.1 Å². The molecule has 1 saturated carbocycles. The van der Waals surface area contributed by atoms with Gasteiger partial charge in [0, 0.05) is 30.2 Å². The zero-order valence-electron chi connectivity index (χ0n) is 11.7. The van der Waals surface area contributed by atoms with E-state index in [4.69, 9.17) is 0 Å². The molecule has 3 nitrogen and oxygen atoms in total. The lowest BCUT2D eigenvalue weighted by Gasteiger charge is -2.30. The molecule has 0 radical (unpaired) electrons. The van der Waals surface area contributed by atoms with E-state index in [2.05, 4.69) is 34.3 Å². The van der Waals surface area contributed by atoms with E-state index in [1.165, 1.54) is 17.4 Å². The third kappa shape index (κ3) is 1.69. The van der Waals surface area contributed by atoms with E-state index < -0.39 is 0 Å². The van der Waals surface area contributed by atoms with Crippen LogP contribution in [0.1, 0.15) is 37.7 Å². The van der Waals surface area contributed by atoms with Crippen LogP contribution in [0.15, 0.2) is 30.5 Å². The van der Waals surface area contributed by atoms with E-state index in [1.54, 1.807) is 0 Å². The van der Waals surface area contributed by atoms with Gasteiger partial charge >= 0.3 is 0 Å². The standard InChI is InChI=1S/C17H20N2O/c20-16(19-10-4-1-5-11-19)17(8-9-17)14-12-18-15-7-3-2-6-13(14)15/h2-3,6-7,12,18H,1,4-5,8-11H2. The van der Waals surface area contributed by atoms with Crippen molar-refractivity contribution in [1.29, 1.82) is 0 Å². The predicted octanol–water partition coefficient (Wildman–Crippen LogP) is 3.21. The molecule has 1 aliphatic heterocycles. The number of aromatic nitrogens is 1. The minimum Gasteiger partial charge on any atom is -0.361 e. The summed E-state index contributed by atoms with van der Waals surface area (Å²) in [5.74, 6) is 0.363. The van der Waals surface area contributed by atoms with Crippen molar-refractivity contribution in [1.82, 2.24) is 9.88 Å². The van der Waals surface area contributed by atoms with Gasteiger partial charge in [-0.1, -0.05) is 18.2 Å². The lowest BCUT2D eigenvalue weighted by molar-refractivity contribution is -0.134. The van der Waals surface area contributed by atoms with Crippen LogP contribution in [0.25, 0.3) is 10.9 Å². The Labute approximate surface area is 119 Å². The Morgan fingerprint density at radius 3 is 2.60 bits per heavy atom. The lowest BCUT2D eigenvalue weighted by atomic mass is 9.93. The van der Waals surface area contributed by atoms with Crippen LogP contribution >= 0.6 is 0 Å². The number of hydrogen-bond acceptors (Lipinski definition) is 1. The highest BCUT2D eigenvalue weighted by molar-refractivity contribution is 5.97. The Morgan fingerprint density at radius 2 is 1.85 bits per heavy atom. The summed E-state index contributed by atoms with van der Waals surface area (Å²) in [6.45, 7) is 1.89. The Morgan fingerprint density at radius 1 is 1.10 bits per heavy atom. The molecule has 2 aromatic rings. The van der Waals surface area contributed by atoms with Crippen LogP contribution in [0.5, 0.6) is 0 Å². The maximum absolute atomic E-state index is 12.9. The number of carbonyl (C=O) groups excluding carboxylic acids is 1. The highest BCUT2D eigenvalue weighted by atomic mass is 16.2. The summed E-state index contributed by atoms with van der Waals surface area (Å²) in [4.78, 5) is 18.4. The van der Waals surface area contributed by atoms with Crippen molar-refractivity contribution in [2.75, 3.05) is 13.1 Å². The van der Waals surface area contributed by atoms with Gasteiger partial charge < -0.3 is 9.88 Å². The van der Waals surface area contributed by atoms with E-state index in [-0.39, 0.29) is 5.41 Å². The van der Waals surface area contributed by atoms with Gasteiger partial charge in [-0.05, 0) is 43.7 Å². The van der Waals surface area contributed by atoms with E-state index in [0.717, 1.165) is 44.3 Å². The maximum Gasteiger partial charge on any atom is 0.233 e. The maximum atomic E-state index is 12.9. The molecule has 0 atom stereocenters. The number of nitrogens with zero attached hydrogens (tertiary/aromatic N) is 1. The molecule has 1 aromatic heterocycles. The minimum atomic E-state index is -0.225. The van der Waals surface area contributed by atoms with Gasteiger partial charge in [-0.15, -0.1) is 0 Å². The Bertz CT molecular complexity index is 648. The molecule has 3 heteroatoms. The number of aromatic amines is 1. The molecule has 104 valence electrons. The van der Waals surface area contributed by atoms with Crippen molar-refractivity contribution in [3.05, 3.63) is 36.0 Å². The summed E-state index contributed by atoms with van der Waals surface area (Å²) in [6, 6.07) is 8.31. The molecule has 1 aliphatic carbocycles. The molecule has 20 heavy (non-hydrogen) atoms. The normalized spacial score (nSPS) is 21.1. The number of H-pyrrole nitrogens is 1. The van der Waals surface area contributed by atoms with Gasteiger partial charge in [0.2, 0.25) is 5.91 Å². The van der Waals surface area contributed by atoms with Crippen LogP contribution in [0.3, 0.4) is 0 Å². The first-order chi connectivity index (χ1) is 9.81. The van der Waals surface area contributed by atoms with Gasteiger partial charge in [0.25, 0.3) is 0 Å². The molecule has 2 heterocycles. The molecule has 1 N–H and O–H groups in total. The number of hydrogen-bond donors (Lipinski definition) is 1. The number of fused-ring (bicyclic) bond motifs is 1. The molecule has 1 aromatic carbocycles. The van der Waals surface area contributed by atoms with Crippen LogP contribution in [0, 0.1) is 0 Å². The van der Waals surface area contributed by atoms with Crippen molar-refractivity contribution in [3.63, 3.8) is 0 Å². The highest BCUT2D eigenvalue weighted by Gasteiger charge is 2.54. The summed E-state index contributed by atoms with van der Waals surface area (Å²) in [5, 5.41) is 1.22. The Hall–Kier alpha value is -1.77. The van der Waals surface area contributed by atoms with Gasteiger partial charge in [-0.3, -0.25) is 4.79 Å².